The fourth-order valence-electron chi connectivity index (χ4n) is 4.28. The van der Waals surface area contributed by atoms with E-state index in [0.29, 0.717) is 6.42 Å². The van der Waals surface area contributed by atoms with Crippen LogP contribution in [0.15, 0.2) is 6.07 Å². The van der Waals surface area contributed by atoms with Crippen LogP contribution in [0.4, 0.5) is 0 Å². The fraction of sp³-hybridized carbons (Fsp3) is 0.652. The average molecular weight is 375 g/mol. The molecule has 0 bridgehead atoms. The Balaban J connectivity index is 2.28. The molecule has 4 heteroatoms. The lowest BCUT2D eigenvalue weighted by Crippen LogP contribution is -2.42. The SMILES string of the molecule is COC(=O)C[C@@H](C)CCc1cc2c(c(C)c1C)CC[C@H](OC(C)=O)C2(C)C. The van der Waals surface area contributed by atoms with Crippen LogP contribution in [0.3, 0.4) is 0 Å². The number of hydrogen-bond acceptors (Lipinski definition) is 4. The molecule has 0 spiro atoms. The third kappa shape index (κ3) is 4.72. The summed E-state index contributed by atoms with van der Waals surface area (Å²) in [7, 11) is 1.44. The first-order valence-electron chi connectivity index (χ1n) is 9.94. The number of methoxy groups -OCH3 is 1. The molecule has 0 saturated carbocycles. The molecule has 150 valence electrons. The van der Waals surface area contributed by atoms with Crippen molar-refractivity contribution in [2.24, 2.45) is 5.92 Å². The highest BCUT2D eigenvalue weighted by Gasteiger charge is 2.39. The number of carbonyl (C=O) groups excluding carboxylic acids is 2. The van der Waals surface area contributed by atoms with E-state index in [0.717, 1.165) is 25.7 Å². The summed E-state index contributed by atoms with van der Waals surface area (Å²) in [5.74, 6) is -0.0709. The highest BCUT2D eigenvalue weighted by Crippen LogP contribution is 2.42. The molecule has 2 atom stereocenters. The lowest BCUT2D eigenvalue weighted by Gasteiger charge is -2.41. The molecule has 1 aliphatic rings. The third-order valence-electron chi connectivity index (χ3n) is 6.25. The van der Waals surface area contributed by atoms with Gasteiger partial charge in [0, 0.05) is 18.8 Å². The van der Waals surface area contributed by atoms with Crippen molar-refractivity contribution in [3.63, 3.8) is 0 Å². The zero-order valence-electron chi connectivity index (χ0n) is 17.9. The fourth-order valence-corrected chi connectivity index (χ4v) is 4.28. The monoisotopic (exact) mass is 374 g/mol. The van der Waals surface area contributed by atoms with Gasteiger partial charge in [0.05, 0.1) is 7.11 Å². The normalized spacial score (nSPS) is 19.1. The summed E-state index contributed by atoms with van der Waals surface area (Å²) in [6, 6.07) is 2.32. The molecule has 0 amide bonds. The molecule has 0 saturated heterocycles. The number of esters is 2. The minimum atomic E-state index is -0.211. The predicted molar refractivity (Wildman–Crippen MR) is 107 cm³/mol. The number of aryl methyl sites for hydroxylation is 1. The summed E-state index contributed by atoms with van der Waals surface area (Å²) in [4.78, 5) is 23.0. The summed E-state index contributed by atoms with van der Waals surface area (Å²) in [5.41, 5.74) is 6.55. The highest BCUT2D eigenvalue weighted by atomic mass is 16.5. The van der Waals surface area contributed by atoms with E-state index < -0.39 is 0 Å². The smallest absolute Gasteiger partial charge is 0.305 e. The first kappa shape index (κ1) is 21.5. The van der Waals surface area contributed by atoms with E-state index in [9.17, 15) is 9.59 Å². The van der Waals surface area contributed by atoms with Gasteiger partial charge in [-0.1, -0.05) is 26.8 Å². The molecule has 27 heavy (non-hydrogen) atoms. The quantitative estimate of drug-likeness (QED) is 0.683. The largest absolute Gasteiger partial charge is 0.469 e. The van der Waals surface area contributed by atoms with Crippen LogP contribution in [-0.2, 0) is 37.3 Å². The highest BCUT2D eigenvalue weighted by molar-refractivity contribution is 5.69. The van der Waals surface area contributed by atoms with Crippen molar-refractivity contribution in [3.8, 4) is 0 Å². The minimum absolute atomic E-state index is 0.0873. The molecule has 1 aliphatic carbocycles. The Hall–Kier alpha value is -1.84. The molecule has 0 unspecified atom stereocenters. The summed E-state index contributed by atoms with van der Waals surface area (Å²) < 4.78 is 10.4. The lowest BCUT2D eigenvalue weighted by atomic mass is 9.68. The number of carbonyl (C=O) groups is 2. The Labute approximate surface area is 163 Å². The van der Waals surface area contributed by atoms with Gasteiger partial charge in [0.1, 0.15) is 6.10 Å². The minimum Gasteiger partial charge on any atom is -0.469 e. The summed E-state index contributed by atoms with van der Waals surface area (Å²) >= 11 is 0. The van der Waals surface area contributed by atoms with Crippen molar-refractivity contribution < 1.29 is 19.1 Å². The zero-order valence-corrected chi connectivity index (χ0v) is 17.9. The average Bonchev–Trinajstić information content (AvgIpc) is 2.59. The zero-order chi connectivity index (χ0) is 20.4. The van der Waals surface area contributed by atoms with Gasteiger partial charge in [-0.2, -0.15) is 0 Å². The Morgan fingerprint density at radius 2 is 1.93 bits per heavy atom. The van der Waals surface area contributed by atoms with Gasteiger partial charge in [-0.3, -0.25) is 9.59 Å². The first-order chi connectivity index (χ1) is 12.6. The van der Waals surface area contributed by atoms with Crippen molar-refractivity contribution in [2.75, 3.05) is 7.11 Å². The van der Waals surface area contributed by atoms with Crippen LogP contribution < -0.4 is 0 Å². The Kier molecular flexibility index (Phi) is 6.72. The van der Waals surface area contributed by atoms with Crippen LogP contribution in [0.5, 0.6) is 0 Å². The third-order valence-corrected chi connectivity index (χ3v) is 6.25. The molecule has 2 rings (SSSR count). The second kappa shape index (κ2) is 8.45. The van der Waals surface area contributed by atoms with Crippen molar-refractivity contribution in [2.45, 2.75) is 85.2 Å². The number of hydrogen-bond donors (Lipinski definition) is 0. The van der Waals surface area contributed by atoms with Crippen LogP contribution >= 0.6 is 0 Å². The van der Waals surface area contributed by atoms with E-state index in [1.54, 1.807) is 0 Å². The standard InChI is InChI=1S/C23H34O4/c1-14(12-22(25)26-7)8-9-18-13-20-19(16(3)15(18)2)10-11-21(23(20,5)6)27-17(4)24/h13-14,21H,8-12H2,1-7H3/t14-,21-/m0/s1. The first-order valence-corrected chi connectivity index (χ1v) is 9.94. The van der Waals surface area contributed by atoms with Gasteiger partial charge in [0.25, 0.3) is 0 Å². The number of ether oxygens (including phenoxy) is 2. The van der Waals surface area contributed by atoms with Gasteiger partial charge in [0.15, 0.2) is 0 Å². The molecule has 4 nitrogen and oxygen atoms in total. The Bertz CT molecular complexity index is 718. The van der Waals surface area contributed by atoms with Gasteiger partial charge in [-0.15, -0.1) is 0 Å². The van der Waals surface area contributed by atoms with Crippen LogP contribution in [0.25, 0.3) is 0 Å². The van der Waals surface area contributed by atoms with Crippen LogP contribution in [0.1, 0.15) is 74.8 Å². The molecule has 0 N–H and O–H groups in total. The topological polar surface area (TPSA) is 52.6 Å². The molecule has 1 aromatic rings. The maximum Gasteiger partial charge on any atom is 0.305 e. The molecule has 0 aromatic heterocycles. The van der Waals surface area contributed by atoms with E-state index in [1.807, 2.05) is 0 Å². The molecular weight excluding hydrogens is 340 g/mol. The number of benzene rings is 1. The van der Waals surface area contributed by atoms with Gasteiger partial charge in [0.2, 0.25) is 0 Å². The van der Waals surface area contributed by atoms with Gasteiger partial charge in [-0.25, -0.2) is 0 Å². The van der Waals surface area contributed by atoms with Gasteiger partial charge in [-0.05, 0) is 73.3 Å². The molecule has 1 aromatic carbocycles. The second-order valence-electron chi connectivity index (χ2n) is 8.59. The number of fused-ring (bicyclic) bond motifs is 1. The molecule has 0 heterocycles. The van der Waals surface area contributed by atoms with Gasteiger partial charge >= 0.3 is 11.9 Å². The maximum absolute atomic E-state index is 11.5. The molecular formula is C23H34O4. The molecule has 0 aliphatic heterocycles. The summed E-state index contributed by atoms with van der Waals surface area (Å²) in [6.45, 7) is 12.3. The van der Waals surface area contributed by atoms with Crippen LogP contribution in [0.2, 0.25) is 0 Å². The molecule has 0 fully saturated rings. The second-order valence-corrected chi connectivity index (χ2v) is 8.59. The molecule has 0 radical (unpaired) electrons. The Morgan fingerprint density at radius 3 is 2.52 bits per heavy atom. The van der Waals surface area contributed by atoms with Gasteiger partial charge < -0.3 is 9.47 Å². The van der Waals surface area contributed by atoms with Crippen molar-refractivity contribution in [1.29, 1.82) is 0 Å². The van der Waals surface area contributed by atoms with Crippen LogP contribution in [-0.4, -0.2) is 25.2 Å². The summed E-state index contributed by atoms with van der Waals surface area (Å²) in [5, 5.41) is 0. The number of rotatable bonds is 6. The van der Waals surface area contributed by atoms with E-state index in [2.05, 4.69) is 40.7 Å². The van der Waals surface area contributed by atoms with E-state index >= 15 is 0 Å². The van der Waals surface area contributed by atoms with Crippen molar-refractivity contribution >= 4 is 11.9 Å². The lowest BCUT2D eigenvalue weighted by molar-refractivity contribution is -0.150. The van der Waals surface area contributed by atoms with E-state index in [1.165, 1.54) is 41.9 Å². The maximum atomic E-state index is 11.5. The predicted octanol–water partition coefficient (Wildman–Crippen LogP) is 4.59. The Morgan fingerprint density at radius 1 is 1.26 bits per heavy atom. The van der Waals surface area contributed by atoms with Crippen molar-refractivity contribution in [3.05, 3.63) is 33.9 Å². The van der Waals surface area contributed by atoms with E-state index in [-0.39, 0.29) is 29.4 Å². The van der Waals surface area contributed by atoms with Crippen LogP contribution in [0, 0.1) is 19.8 Å². The van der Waals surface area contributed by atoms with Crippen molar-refractivity contribution in [1.82, 2.24) is 0 Å². The van der Waals surface area contributed by atoms with E-state index in [4.69, 9.17) is 9.47 Å². The summed E-state index contributed by atoms with van der Waals surface area (Å²) in [6.07, 6.45) is 4.07.